The smallest absolute Gasteiger partial charge is 0.339 e. The van der Waals surface area contributed by atoms with Crippen LogP contribution in [0.3, 0.4) is 0 Å². The van der Waals surface area contributed by atoms with Crippen molar-refractivity contribution in [2.45, 2.75) is 13.1 Å². The Morgan fingerprint density at radius 2 is 2.13 bits per heavy atom. The zero-order valence-corrected chi connectivity index (χ0v) is 14.0. The average molecular weight is 348 g/mol. The Balaban J connectivity index is 1.76. The van der Waals surface area contributed by atoms with Crippen LogP contribution in [0.2, 0.25) is 5.02 Å². The molecule has 0 aliphatic heterocycles. The van der Waals surface area contributed by atoms with Crippen LogP contribution in [0.4, 0.5) is 0 Å². The van der Waals surface area contributed by atoms with Crippen molar-refractivity contribution in [2.24, 2.45) is 0 Å². The number of hydrogen-bond acceptors (Lipinski definition) is 4. The maximum Gasteiger partial charge on any atom is 0.347 e. The van der Waals surface area contributed by atoms with Crippen molar-refractivity contribution < 1.29 is 4.79 Å². The first-order valence-corrected chi connectivity index (χ1v) is 8.17. The number of carbonyl (C=O) groups is 1. The maximum absolute atomic E-state index is 12.3. The van der Waals surface area contributed by atoms with E-state index in [9.17, 15) is 9.59 Å². The molecule has 3 rings (SSSR count). The Morgan fingerprint density at radius 3 is 2.87 bits per heavy atom. The molecule has 118 valence electrons. The predicted molar refractivity (Wildman–Crippen MR) is 91.8 cm³/mol. The van der Waals surface area contributed by atoms with Gasteiger partial charge >= 0.3 is 5.69 Å². The Kier molecular flexibility index (Phi) is 4.45. The molecule has 0 aliphatic carbocycles. The highest BCUT2D eigenvalue weighted by Crippen LogP contribution is 2.35. The molecule has 7 heteroatoms. The lowest BCUT2D eigenvalue weighted by atomic mass is 10.2. The summed E-state index contributed by atoms with van der Waals surface area (Å²) in [7, 11) is 1.70. The van der Waals surface area contributed by atoms with Crippen LogP contribution in [-0.2, 0) is 17.9 Å². The summed E-state index contributed by atoms with van der Waals surface area (Å²) in [5, 5.41) is 1.68. The number of fused-ring (bicyclic) bond motifs is 1. The fraction of sp³-hybridized carbons (Fsp3) is 0.188. The molecule has 0 N–H and O–H groups in total. The molecule has 23 heavy (non-hydrogen) atoms. The van der Waals surface area contributed by atoms with Gasteiger partial charge in [-0.15, -0.1) is 11.3 Å². The first-order valence-electron chi connectivity index (χ1n) is 6.97. The molecule has 2 heterocycles. The molecular weight excluding hydrogens is 334 g/mol. The molecule has 5 nitrogen and oxygen atoms in total. The number of likely N-dealkylation sites (N-methyl/N-ethyl adjacent to an activating group) is 1. The zero-order chi connectivity index (χ0) is 16.4. The molecule has 0 radical (unpaired) electrons. The van der Waals surface area contributed by atoms with Crippen LogP contribution in [0.25, 0.3) is 10.1 Å². The van der Waals surface area contributed by atoms with Gasteiger partial charge < -0.3 is 4.90 Å². The van der Waals surface area contributed by atoms with E-state index in [-0.39, 0.29) is 12.5 Å². The number of halogens is 1. The minimum Gasteiger partial charge on any atom is -0.339 e. The van der Waals surface area contributed by atoms with Crippen molar-refractivity contribution in [3.63, 3.8) is 0 Å². The van der Waals surface area contributed by atoms with Crippen molar-refractivity contribution >= 4 is 38.9 Å². The van der Waals surface area contributed by atoms with Crippen LogP contribution < -0.4 is 5.69 Å². The molecule has 1 amide bonds. The Hall–Kier alpha value is -2.18. The second-order valence-corrected chi connectivity index (χ2v) is 6.63. The van der Waals surface area contributed by atoms with Gasteiger partial charge in [-0.1, -0.05) is 29.8 Å². The summed E-state index contributed by atoms with van der Waals surface area (Å²) in [5.41, 5.74) is -0.436. The Morgan fingerprint density at radius 1 is 1.35 bits per heavy atom. The van der Waals surface area contributed by atoms with E-state index in [2.05, 4.69) is 4.98 Å². The molecule has 0 saturated carbocycles. The lowest BCUT2D eigenvalue weighted by molar-refractivity contribution is -0.131. The second-order valence-electron chi connectivity index (χ2n) is 5.12. The molecule has 0 bridgehead atoms. The lowest BCUT2D eigenvalue weighted by Gasteiger charge is -2.17. The molecule has 0 unspecified atom stereocenters. The Bertz CT molecular complexity index is 919. The summed E-state index contributed by atoms with van der Waals surface area (Å²) in [5.74, 6) is -0.173. The summed E-state index contributed by atoms with van der Waals surface area (Å²) in [6, 6.07) is 9.50. The van der Waals surface area contributed by atoms with E-state index in [0.29, 0.717) is 11.6 Å². The van der Waals surface area contributed by atoms with Crippen LogP contribution in [0, 0.1) is 0 Å². The van der Waals surface area contributed by atoms with Crippen molar-refractivity contribution in [1.82, 2.24) is 14.5 Å². The quantitative estimate of drug-likeness (QED) is 0.729. The lowest BCUT2D eigenvalue weighted by Crippen LogP contribution is -2.33. The van der Waals surface area contributed by atoms with Gasteiger partial charge in [0.2, 0.25) is 5.91 Å². The summed E-state index contributed by atoms with van der Waals surface area (Å²) in [6.07, 6.45) is 2.96. The topological polar surface area (TPSA) is 55.2 Å². The second kappa shape index (κ2) is 6.52. The highest BCUT2D eigenvalue weighted by molar-refractivity contribution is 7.19. The molecule has 2 aromatic heterocycles. The van der Waals surface area contributed by atoms with Crippen molar-refractivity contribution in [3.05, 3.63) is 63.1 Å². The van der Waals surface area contributed by atoms with Crippen molar-refractivity contribution in [3.8, 4) is 0 Å². The first kappa shape index (κ1) is 15.7. The van der Waals surface area contributed by atoms with Gasteiger partial charge in [-0.05, 0) is 12.1 Å². The summed E-state index contributed by atoms with van der Waals surface area (Å²) in [6.45, 7) is 0.373. The van der Waals surface area contributed by atoms with E-state index in [0.717, 1.165) is 15.0 Å². The fourth-order valence-corrected chi connectivity index (χ4v) is 3.79. The number of hydrogen-bond donors (Lipinski definition) is 0. The van der Waals surface area contributed by atoms with E-state index in [1.54, 1.807) is 35.5 Å². The third-order valence-electron chi connectivity index (χ3n) is 3.50. The van der Waals surface area contributed by atoms with E-state index in [1.807, 2.05) is 24.3 Å². The third kappa shape index (κ3) is 3.28. The number of rotatable bonds is 4. The number of carbonyl (C=O) groups excluding carboxylic acids is 1. The molecule has 1 aromatic carbocycles. The maximum atomic E-state index is 12.3. The van der Waals surface area contributed by atoms with Gasteiger partial charge in [-0.2, -0.15) is 0 Å². The van der Waals surface area contributed by atoms with Crippen LogP contribution in [0.1, 0.15) is 4.88 Å². The number of thiophene rings is 1. The zero-order valence-electron chi connectivity index (χ0n) is 12.4. The standard InChI is InChI=1S/C16H14ClN3O2S/c1-19(14(21)10-20-8-4-7-18-16(20)22)9-13-15(17)11-5-2-3-6-12(11)23-13/h2-8H,9-10H2,1H3. The molecule has 0 saturated heterocycles. The van der Waals surface area contributed by atoms with Crippen LogP contribution >= 0.6 is 22.9 Å². The van der Waals surface area contributed by atoms with Crippen LogP contribution in [-0.4, -0.2) is 27.4 Å². The minimum atomic E-state index is -0.436. The first-order chi connectivity index (χ1) is 11.1. The molecule has 3 aromatic rings. The number of nitrogens with zero attached hydrogens (tertiary/aromatic N) is 3. The van der Waals surface area contributed by atoms with Gasteiger partial charge in [0, 0.05) is 34.4 Å². The predicted octanol–water partition coefficient (Wildman–Crippen LogP) is 2.77. The number of benzene rings is 1. The number of aromatic nitrogens is 2. The summed E-state index contributed by atoms with van der Waals surface area (Å²) < 4.78 is 2.38. The summed E-state index contributed by atoms with van der Waals surface area (Å²) >= 11 is 7.97. The highest BCUT2D eigenvalue weighted by Gasteiger charge is 2.16. The molecular formula is C16H14ClN3O2S. The van der Waals surface area contributed by atoms with Crippen molar-refractivity contribution in [2.75, 3.05) is 7.05 Å². The van der Waals surface area contributed by atoms with E-state index in [1.165, 1.54) is 10.8 Å². The largest absolute Gasteiger partial charge is 0.347 e. The third-order valence-corrected chi connectivity index (χ3v) is 5.20. The molecule has 0 fully saturated rings. The average Bonchev–Trinajstić information content (AvgIpc) is 2.86. The van der Waals surface area contributed by atoms with E-state index in [4.69, 9.17) is 11.6 Å². The van der Waals surface area contributed by atoms with Gasteiger partial charge in [0.25, 0.3) is 0 Å². The van der Waals surface area contributed by atoms with E-state index >= 15 is 0 Å². The monoisotopic (exact) mass is 347 g/mol. The summed E-state index contributed by atoms with van der Waals surface area (Å²) in [4.78, 5) is 30.0. The minimum absolute atomic E-state index is 0.0360. The van der Waals surface area contributed by atoms with E-state index < -0.39 is 5.69 Å². The van der Waals surface area contributed by atoms with Crippen molar-refractivity contribution in [1.29, 1.82) is 0 Å². The molecule has 0 spiro atoms. The van der Waals surface area contributed by atoms with Gasteiger partial charge in [0.05, 0.1) is 11.6 Å². The number of amides is 1. The van der Waals surface area contributed by atoms with Gasteiger partial charge in [0.15, 0.2) is 0 Å². The van der Waals surface area contributed by atoms with Gasteiger partial charge in [0.1, 0.15) is 6.54 Å². The Labute approximate surface area is 141 Å². The van der Waals surface area contributed by atoms with Gasteiger partial charge in [-0.25, -0.2) is 9.78 Å². The van der Waals surface area contributed by atoms with Gasteiger partial charge in [-0.3, -0.25) is 9.36 Å². The molecule has 0 atom stereocenters. The highest BCUT2D eigenvalue weighted by atomic mass is 35.5. The van der Waals surface area contributed by atoms with Crippen LogP contribution in [0.15, 0.2) is 47.5 Å². The van der Waals surface area contributed by atoms with Crippen LogP contribution in [0.5, 0.6) is 0 Å². The SMILES string of the molecule is CN(Cc1sc2ccccc2c1Cl)C(=O)Cn1cccnc1=O. The fourth-order valence-electron chi connectivity index (χ4n) is 2.24. The normalized spacial score (nSPS) is 10.9. The molecule has 0 aliphatic rings.